The zero-order valence-electron chi connectivity index (χ0n) is 11.0. The van der Waals surface area contributed by atoms with Crippen molar-refractivity contribution in [1.82, 2.24) is 9.62 Å². The third kappa shape index (κ3) is 2.26. The summed E-state index contributed by atoms with van der Waals surface area (Å²) in [6.45, 7) is 8.68. The van der Waals surface area contributed by atoms with Crippen LogP contribution in [0.3, 0.4) is 0 Å². The van der Waals surface area contributed by atoms with Gasteiger partial charge in [0.1, 0.15) is 0 Å². The molecule has 4 nitrogen and oxygen atoms in total. The Balaban J connectivity index is 3.05. The van der Waals surface area contributed by atoms with Crippen molar-refractivity contribution in [3.05, 3.63) is 0 Å². The second-order valence-electron chi connectivity index (χ2n) is 5.82. The zero-order chi connectivity index (χ0) is 12.6. The Morgan fingerprint density at radius 1 is 1.38 bits per heavy atom. The van der Waals surface area contributed by atoms with Crippen LogP contribution in [0.15, 0.2) is 0 Å². The van der Waals surface area contributed by atoms with Crippen molar-refractivity contribution in [2.75, 3.05) is 20.1 Å². The molecule has 0 bridgehead atoms. The molecule has 1 saturated heterocycles. The molecule has 5 heteroatoms. The van der Waals surface area contributed by atoms with Crippen LogP contribution in [0.25, 0.3) is 0 Å². The fourth-order valence-corrected chi connectivity index (χ4v) is 4.06. The van der Waals surface area contributed by atoms with Gasteiger partial charge in [-0.15, -0.1) is 0 Å². The minimum Gasteiger partial charge on any atom is -0.318 e. The quantitative estimate of drug-likeness (QED) is 0.816. The Morgan fingerprint density at radius 3 is 2.38 bits per heavy atom. The van der Waals surface area contributed by atoms with Crippen molar-refractivity contribution in [2.24, 2.45) is 0 Å². The van der Waals surface area contributed by atoms with E-state index in [1.54, 1.807) is 25.1 Å². The van der Waals surface area contributed by atoms with Gasteiger partial charge < -0.3 is 5.32 Å². The molecule has 1 fully saturated rings. The van der Waals surface area contributed by atoms with Gasteiger partial charge in [0.05, 0.1) is 4.75 Å². The molecule has 1 rings (SSSR count). The smallest absolute Gasteiger partial charge is 0.219 e. The maximum Gasteiger partial charge on any atom is 0.219 e. The van der Waals surface area contributed by atoms with E-state index >= 15 is 0 Å². The fourth-order valence-electron chi connectivity index (χ4n) is 2.30. The van der Waals surface area contributed by atoms with Crippen molar-refractivity contribution in [2.45, 2.75) is 50.8 Å². The molecule has 96 valence electrons. The monoisotopic (exact) mass is 248 g/mol. The average molecular weight is 248 g/mol. The summed E-state index contributed by atoms with van der Waals surface area (Å²) in [5.41, 5.74) is -0.263. The molecule has 1 aliphatic heterocycles. The minimum absolute atomic E-state index is 0.263. The van der Waals surface area contributed by atoms with Crippen molar-refractivity contribution >= 4 is 10.0 Å². The second kappa shape index (κ2) is 4.27. The molecule has 0 aromatic rings. The lowest BCUT2D eigenvalue weighted by atomic mass is 10.0. The molecule has 1 atom stereocenters. The predicted molar refractivity (Wildman–Crippen MR) is 66.9 cm³/mol. The van der Waals surface area contributed by atoms with Crippen LogP contribution in [-0.4, -0.2) is 43.1 Å². The fraction of sp³-hybridized carbons (Fsp3) is 1.00. The summed E-state index contributed by atoms with van der Waals surface area (Å²) >= 11 is 0. The highest BCUT2D eigenvalue weighted by Crippen LogP contribution is 2.35. The van der Waals surface area contributed by atoms with Gasteiger partial charge >= 0.3 is 0 Å². The minimum atomic E-state index is -3.21. The van der Waals surface area contributed by atoms with Crippen LogP contribution in [0, 0.1) is 0 Å². The Morgan fingerprint density at radius 2 is 1.94 bits per heavy atom. The zero-order valence-corrected chi connectivity index (χ0v) is 11.8. The summed E-state index contributed by atoms with van der Waals surface area (Å²) in [4.78, 5) is 0. The van der Waals surface area contributed by atoms with Crippen LogP contribution in [0.5, 0.6) is 0 Å². The summed E-state index contributed by atoms with van der Waals surface area (Å²) in [5.74, 6) is 0. The largest absolute Gasteiger partial charge is 0.318 e. The highest BCUT2D eigenvalue weighted by Gasteiger charge is 2.47. The van der Waals surface area contributed by atoms with Gasteiger partial charge in [-0.2, -0.15) is 4.31 Å². The lowest BCUT2D eigenvalue weighted by Crippen LogP contribution is -2.54. The predicted octanol–water partition coefficient (Wildman–Crippen LogP) is 1.19. The molecule has 1 N–H and O–H groups in total. The summed E-state index contributed by atoms with van der Waals surface area (Å²) in [5, 5.41) is 3.10. The second-order valence-corrected chi connectivity index (χ2v) is 8.44. The van der Waals surface area contributed by atoms with Gasteiger partial charge in [-0.1, -0.05) is 0 Å². The third-order valence-electron chi connectivity index (χ3n) is 3.30. The third-order valence-corrected chi connectivity index (χ3v) is 6.05. The molecule has 0 radical (unpaired) electrons. The molecule has 0 amide bonds. The van der Waals surface area contributed by atoms with Crippen LogP contribution in [0.2, 0.25) is 0 Å². The van der Waals surface area contributed by atoms with Crippen LogP contribution < -0.4 is 5.32 Å². The lowest BCUT2D eigenvalue weighted by Gasteiger charge is -2.38. The van der Waals surface area contributed by atoms with E-state index in [9.17, 15) is 8.42 Å². The molecule has 0 aromatic carbocycles. The molecule has 0 spiro atoms. The van der Waals surface area contributed by atoms with Crippen molar-refractivity contribution < 1.29 is 8.42 Å². The van der Waals surface area contributed by atoms with E-state index in [0.29, 0.717) is 13.1 Å². The van der Waals surface area contributed by atoms with E-state index in [0.717, 1.165) is 12.8 Å². The maximum absolute atomic E-state index is 12.4. The van der Waals surface area contributed by atoms with Crippen molar-refractivity contribution in [3.63, 3.8) is 0 Å². The molecule has 0 aliphatic carbocycles. The topological polar surface area (TPSA) is 49.4 Å². The molecule has 16 heavy (non-hydrogen) atoms. The van der Waals surface area contributed by atoms with Gasteiger partial charge in [0.25, 0.3) is 0 Å². The van der Waals surface area contributed by atoms with Gasteiger partial charge in [0, 0.05) is 18.6 Å². The number of likely N-dealkylation sites (N-methyl/N-ethyl adjacent to an activating group) is 1. The summed E-state index contributed by atoms with van der Waals surface area (Å²) < 4.78 is 25.9. The van der Waals surface area contributed by atoms with Gasteiger partial charge in [-0.25, -0.2) is 8.42 Å². The molecule has 0 aromatic heterocycles. The van der Waals surface area contributed by atoms with E-state index in [4.69, 9.17) is 0 Å². The maximum atomic E-state index is 12.4. The standard InChI is InChI=1S/C11H24N2O2S/c1-10(2,3)16(14,15)13-8-6-7-11(13,4)9-12-5/h12H,6-9H2,1-5H3. The number of nitrogens with zero attached hydrogens (tertiary/aromatic N) is 1. The van der Waals surface area contributed by atoms with Gasteiger partial charge in [0.2, 0.25) is 10.0 Å². The SMILES string of the molecule is CNCC1(C)CCCN1S(=O)(=O)C(C)(C)C. The number of hydrogen-bond donors (Lipinski definition) is 1. The van der Waals surface area contributed by atoms with Crippen molar-refractivity contribution in [3.8, 4) is 0 Å². The molecular weight excluding hydrogens is 224 g/mol. The Bertz CT molecular complexity index is 345. The van der Waals surface area contributed by atoms with Gasteiger partial charge in [-0.3, -0.25) is 0 Å². The molecule has 1 unspecified atom stereocenters. The number of nitrogens with one attached hydrogen (secondary N) is 1. The highest BCUT2D eigenvalue weighted by molar-refractivity contribution is 7.90. The molecule has 1 heterocycles. The summed E-state index contributed by atoms with van der Waals surface area (Å²) in [6.07, 6.45) is 1.89. The van der Waals surface area contributed by atoms with Crippen molar-refractivity contribution in [1.29, 1.82) is 0 Å². The first-order chi connectivity index (χ1) is 7.15. The van der Waals surface area contributed by atoms with Gasteiger partial charge in [0.15, 0.2) is 0 Å². The lowest BCUT2D eigenvalue weighted by molar-refractivity contribution is 0.254. The first kappa shape index (κ1) is 13.9. The molecular formula is C11H24N2O2S. The van der Waals surface area contributed by atoms with Gasteiger partial charge in [-0.05, 0) is 47.6 Å². The number of rotatable bonds is 3. The highest BCUT2D eigenvalue weighted by atomic mass is 32.2. The van der Waals surface area contributed by atoms with E-state index in [1.165, 1.54) is 0 Å². The van der Waals surface area contributed by atoms with E-state index < -0.39 is 14.8 Å². The Hall–Kier alpha value is -0.130. The molecule has 1 aliphatic rings. The normalized spacial score (nSPS) is 28.6. The molecule has 0 saturated carbocycles. The van der Waals surface area contributed by atoms with Crippen LogP contribution >= 0.6 is 0 Å². The van der Waals surface area contributed by atoms with E-state index in [2.05, 4.69) is 5.32 Å². The van der Waals surface area contributed by atoms with Crippen LogP contribution in [0.4, 0.5) is 0 Å². The van der Waals surface area contributed by atoms with Crippen LogP contribution in [-0.2, 0) is 10.0 Å². The first-order valence-corrected chi connectivity index (χ1v) is 7.26. The number of sulfonamides is 1. The number of hydrogen-bond acceptors (Lipinski definition) is 3. The van der Waals surface area contributed by atoms with E-state index in [-0.39, 0.29) is 5.54 Å². The Kier molecular flexibility index (Phi) is 3.72. The first-order valence-electron chi connectivity index (χ1n) is 5.82. The summed E-state index contributed by atoms with van der Waals surface area (Å²) in [6, 6.07) is 0. The van der Waals surface area contributed by atoms with Crippen LogP contribution in [0.1, 0.15) is 40.5 Å². The summed E-state index contributed by atoms with van der Waals surface area (Å²) in [7, 11) is -1.35. The average Bonchev–Trinajstić information content (AvgIpc) is 2.46. The Labute approximate surface area is 99.5 Å². The van der Waals surface area contributed by atoms with E-state index in [1.807, 2.05) is 14.0 Å².